The third-order valence-electron chi connectivity index (χ3n) is 6.72. The van der Waals surface area contributed by atoms with E-state index in [9.17, 15) is 40.4 Å². The van der Waals surface area contributed by atoms with Crippen molar-refractivity contribution < 1.29 is 59.1 Å². The van der Waals surface area contributed by atoms with Crippen LogP contribution < -0.4 is 0 Å². The zero-order valence-electron chi connectivity index (χ0n) is 18.0. The van der Waals surface area contributed by atoms with E-state index in [0.717, 1.165) is 3.57 Å². The third-order valence-corrected chi connectivity index (χ3v) is 11.6. The van der Waals surface area contributed by atoms with Crippen LogP contribution in [0.4, 0.5) is 17.6 Å². The smallest absolute Gasteiger partial charge is 0.431 e. The summed E-state index contributed by atoms with van der Waals surface area (Å²) in [6.45, 7) is -1.32. The van der Waals surface area contributed by atoms with Crippen molar-refractivity contribution in [2.75, 3.05) is 6.61 Å². The van der Waals surface area contributed by atoms with Gasteiger partial charge in [-0.05, 0) is 86.3 Å². The van der Waals surface area contributed by atoms with Gasteiger partial charge in [0, 0.05) is 22.5 Å². The number of hydrogen-bond acceptors (Lipinski definition) is 8. The predicted molar refractivity (Wildman–Crippen MR) is 139 cm³/mol. The van der Waals surface area contributed by atoms with Gasteiger partial charge in [0.15, 0.2) is 0 Å². The Hall–Kier alpha value is -0.550. The number of esters is 3. The quantitative estimate of drug-likeness (QED) is 0.103. The molecule has 1 heterocycles. The molecule has 1 aromatic carbocycles. The first kappa shape index (κ1) is 29.4. The summed E-state index contributed by atoms with van der Waals surface area (Å²) < 4.78 is 102. The van der Waals surface area contributed by atoms with Crippen LogP contribution in [0.25, 0.3) is 0 Å². The fraction of sp³-hybridized carbons (Fsp3) is 0.550. The molecule has 0 aromatic heterocycles. The normalized spacial score (nSPS) is 28.8. The lowest BCUT2D eigenvalue weighted by Gasteiger charge is -2.30. The number of ether oxygens (including phenoxy) is 3. The highest BCUT2D eigenvalue weighted by Gasteiger charge is 2.70. The van der Waals surface area contributed by atoms with Crippen molar-refractivity contribution in [3.63, 3.8) is 0 Å². The van der Waals surface area contributed by atoms with Gasteiger partial charge in [-0.2, -0.15) is 26.0 Å². The molecule has 1 N–H and O–H groups in total. The molecule has 0 amide bonds. The zero-order valence-corrected chi connectivity index (χ0v) is 25.3. The van der Waals surface area contributed by atoms with Gasteiger partial charge in [-0.1, -0.05) is 0 Å². The summed E-state index contributed by atoms with van der Waals surface area (Å²) in [6.07, 6.45) is -3.48. The van der Waals surface area contributed by atoms with E-state index in [-0.39, 0.29) is 12.0 Å². The molecule has 0 spiro atoms. The molecule has 6 unspecified atom stereocenters. The number of alkyl halides is 4. The Morgan fingerprint density at radius 2 is 1.73 bits per heavy atom. The van der Waals surface area contributed by atoms with Gasteiger partial charge in [-0.25, -0.2) is 4.79 Å². The number of carbonyl (C=O) groups is 3. The second kappa shape index (κ2) is 10.1. The van der Waals surface area contributed by atoms with Crippen LogP contribution in [-0.2, 0) is 33.9 Å². The summed E-state index contributed by atoms with van der Waals surface area (Å²) in [4.78, 5) is 38.3. The number of carbonyl (C=O) groups excluding carboxylic acids is 3. The molecule has 3 fully saturated rings. The third kappa shape index (κ3) is 4.96. The molecule has 2 bridgehead atoms. The van der Waals surface area contributed by atoms with Crippen molar-refractivity contribution in [3.05, 3.63) is 28.4 Å². The fourth-order valence-electron chi connectivity index (χ4n) is 5.08. The fourth-order valence-corrected chi connectivity index (χ4v) is 7.88. The zero-order chi connectivity index (χ0) is 27.7. The van der Waals surface area contributed by atoms with Crippen LogP contribution in [-0.4, -0.2) is 60.9 Å². The van der Waals surface area contributed by atoms with Crippen LogP contribution >= 0.6 is 67.8 Å². The second-order valence-electron chi connectivity index (χ2n) is 8.72. The molecule has 2 saturated carbocycles. The minimum Gasteiger partial charge on any atom is -0.465 e. The largest absolute Gasteiger partial charge is 0.465 e. The minimum absolute atomic E-state index is 0.246. The van der Waals surface area contributed by atoms with E-state index in [2.05, 4.69) is 0 Å². The summed E-state index contributed by atoms with van der Waals surface area (Å²) in [5.41, 5.74) is 0.290. The van der Waals surface area contributed by atoms with E-state index in [0.29, 0.717) is 7.14 Å². The summed E-state index contributed by atoms with van der Waals surface area (Å²) >= 11 is 6.00. The van der Waals surface area contributed by atoms with Crippen LogP contribution in [0.5, 0.6) is 0 Å². The monoisotopic (exact) mass is 888 g/mol. The molecule has 3 aliphatic rings. The molecule has 4 rings (SSSR count). The second-order valence-corrected chi connectivity index (χ2v) is 13.6. The van der Waals surface area contributed by atoms with Crippen molar-refractivity contribution in [2.45, 2.75) is 36.2 Å². The van der Waals surface area contributed by atoms with E-state index in [1.54, 1.807) is 6.07 Å². The van der Waals surface area contributed by atoms with Gasteiger partial charge >= 0.3 is 39.2 Å². The van der Waals surface area contributed by atoms with Gasteiger partial charge < -0.3 is 14.2 Å². The Kier molecular flexibility index (Phi) is 8.06. The van der Waals surface area contributed by atoms with Crippen molar-refractivity contribution >= 4 is 95.8 Å². The van der Waals surface area contributed by atoms with Gasteiger partial charge in [0.25, 0.3) is 0 Å². The molecule has 204 valence electrons. The predicted octanol–water partition coefficient (Wildman–Crippen LogP) is 3.88. The van der Waals surface area contributed by atoms with Crippen LogP contribution in [0.3, 0.4) is 0 Å². The molecule has 1 aromatic rings. The SMILES string of the molecule is O=C(OC1C2CC3C1OC(=O)C3C2C(=O)OCCC(F)(F)C(F)(F)S(=O)(=O)O)c1c(I)ccc(I)c1I. The summed E-state index contributed by atoms with van der Waals surface area (Å²) in [6, 6.07) is 3.53. The molecule has 1 saturated heterocycles. The van der Waals surface area contributed by atoms with Crippen LogP contribution in [0.1, 0.15) is 23.2 Å². The maximum absolute atomic E-state index is 13.7. The van der Waals surface area contributed by atoms with E-state index >= 15 is 0 Å². The maximum atomic E-state index is 13.7. The molecular weight excluding hydrogens is 873 g/mol. The summed E-state index contributed by atoms with van der Waals surface area (Å²) in [5.74, 6) is -11.3. The highest BCUT2D eigenvalue weighted by atomic mass is 127. The van der Waals surface area contributed by atoms with E-state index in [4.69, 9.17) is 18.8 Å². The van der Waals surface area contributed by atoms with Gasteiger partial charge in [0.05, 0.1) is 30.4 Å². The molecular formula is C20H15F4I3O9S. The average Bonchev–Trinajstić information content (AvgIpc) is 3.39. The first-order chi connectivity index (χ1) is 17.0. The van der Waals surface area contributed by atoms with Gasteiger partial charge in [-0.3, -0.25) is 14.1 Å². The molecule has 2 aliphatic carbocycles. The Morgan fingerprint density at radius 3 is 2.35 bits per heavy atom. The van der Waals surface area contributed by atoms with Gasteiger partial charge in [-0.15, -0.1) is 0 Å². The highest BCUT2D eigenvalue weighted by Crippen LogP contribution is 2.59. The highest BCUT2D eigenvalue weighted by molar-refractivity contribution is 14.1. The molecule has 17 heteroatoms. The first-order valence-electron chi connectivity index (χ1n) is 10.4. The lowest BCUT2D eigenvalue weighted by Crippen LogP contribution is -2.47. The van der Waals surface area contributed by atoms with Crippen LogP contribution in [0.2, 0.25) is 0 Å². The van der Waals surface area contributed by atoms with Crippen LogP contribution in [0, 0.1) is 34.4 Å². The lowest BCUT2D eigenvalue weighted by molar-refractivity contribution is -0.178. The standard InChI is InChI=1S/C20H15F4I3O9S/c21-19(22,20(23,24)37(31,32)33)3-4-34-16(28)10-6-5-7-11(10)17(29)35-15(7)14(6)36-18(30)12-8(25)1-2-9(26)13(12)27/h1-2,6-7,10-11,14-15H,3-5H2,(H,31,32,33). The topological polar surface area (TPSA) is 133 Å². The van der Waals surface area contributed by atoms with Crippen LogP contribution in [0.15, 0.2) is 12.1 Å². The van der Waals surface area contributed by atoms with Gasteiger partial charge in [0.2, 0.25) is 0 Å². The molecule has 6 atom stereocenters. The molecule has 9 nitrogen and oxygen atoms in total. The molecule has 37 heavy (non-hydrogen) atoms. The molecule has 0 radical (unpaired) electrons. The maximum Gasteiger partial charge on any atom is 0.431 e. The Morgan fingerprint density at radius 1 is 1.11 bits per heavy atom. The Balaban J connectivity index is 1.48. The number of halogens is 7. The van der Waals surface area contributed by atoms with E-state index in [1.807, 2.05) is 73.8 Å². The van der Waals surface area contributed by atoms with Crippen molar-refractivity contribution in [2.24, 2.45) is 23.7 Å². The first-order valence-corrected chi connectivity index (χ1v) is 15.1. The number of fused-ring (bicyclic) bond motifs is 1. The van der Waals surface area contributed by atoms with Crippen molar-refractivity contribution in [3.8, 4) is 0 Å². The average molecular weight is 888 g/mol. The Labute approximate surface area is 247 Å². The summed E-state index contributed by atoms with van der Waals surface area (Å²) in [7, 11) is -6.43. The van der Waals surface area contributed by atoms with E-state index in [1.165, 1.54) is 0 Å². The minimum atomic E-state index is -6.43. The lowest BCUT2D eigenvalue weighted by atomic mass is 9.78. The molecule has 1 aliphatic heterocycles. The van der Waals surface area contributed by atoms with E-state index < -0.39 is 88.1 Å². The number of hydrogen-bond donors (Lipinski definition) is 1. The van der Waals surface area contributed by atoms with Gasteiger partial charge in [0.1, 0.15) is 12.2 Å². The van der Waals surface area contributed by atoms with Crippen molar-refractivity contribution in [1.82, 2.24) is 0 Å². The van der Waals surface area contributed by atoms with Crippen molar-refractivity contribution in [1.29, 1.82) is 0 Å². The summed E-state index contributed by atoms with van der Waals surface area (Å²) in [5, 5.41) is -5.80. The number of benzene rings is 1. The number of rotatable bonds is 8. The Bertz CT molecular complexity index is 1280.